The van der Waals surface area contributed by atoms with Gasteiger partial charge < -0.3 is 0 Å². The van der Waals surface area contributed by atoms with Crippen LogP contribution in [0.2, 0.25) is 10.0 Å². The molecule has 3 nitrogen and oxygen atoms in total. The van der Waals surface area contributed by atoms with Crippen LogP contribution in [-0.4, -0.2) is 14.8 Å². The van der Waals surface area contributed by atoms with Crippen LogP contribution < -0.4 is 0 Å². The van der Waals surface area contributed by atoms with Crippen LogP contribution in [0, 0.1) is 4.77 Å². The minimum atomic E-state index is 0.485. The number of hydrogen-bond acceptors (Lipinski definition) is 2. The quantitative estimate of drug-likeness (QED) is 0.440. The molecular formula is C19H13Cl2N3S. The van der Waals surface area contributed by atoms with Gasteiger partial charge in [0, 0.05) is 6.42 Å². The van der Waals surface area contributed by atoms with Crippen molar-refractivity contribution < 1.29 is 0 Å². The maximum atomic E-state index is 6.16. The van der Waals surface area contributed by atoms with Gasteiger partial charge >= 0.3 is 0 Å². The molecule has 0 fully saturated rings. The number of hydrogen-bond donors (Lipinski definition) is 1. The van der Waals surface area contributed by atoms with E-state index in [1.54, 1.807) is 12.1 Å². The van der Waals surface area contributed by atoms with E-state index in [1.807, 2.05) is 22.8 Å². The highest BCUT2D eigenvalue weighted by atomic mass is 35.5. The van der Waals surface area contributed by atoms with Gasteiger partial charge in [0.2, 0.25) is 0 Å². The molecule has 0 aliphatic rings. The average molecular weight is 386 g/mol. The monoisotopic (exact) mass is 385 g/mol. The predicted molar refractivity (Wildman–Crippen MR) is 106 cm³/mol. The zero-order chi connectivity index (χ0) is 17.4. The number of aromatic nitrogens is 3. The summed E-state index contributed by atoms with van der Waals surface area (Å²) in [7, 11) is 0. The van der Waals surface area contributed by atoms with E-state index in [2.05, 4.69) is 40.5 Å². The van der Waals surface area contributed by atoms with Gasteiger partial charge in [0.25, 0.3) is 0 Å². The summed E-state index contributed by atoms with van der Waals surface area (Å²) in [4.78, 5) is 0. The lowest BCUT2D eigenvalue weighted by Crippen LogP contribution is -2.03. The number of nitrogens with zero attached hydrogens (tertiary/aromatic N) is 2. The molecule has 0 aliphatic heterocycles. The first kappa shape index (κ1) is 16.3. The lowest BCUT2D eigenvalue weighted by Gasteiger charge is -2.10. The summed E-state index contributed by atoms with van der Waals surface area (Å²) in [5, 5.41) is 10.7. The van der Waals surface area contributed by atoms with Gasteiger partial charge in [-0.15, -0.1) is 0 Å². The van der Waals surface area contributed by atoms with Crippen molar-refractivity contribution in [3.63, 3.8) is 0 Å². The minimum absolute atomic E-state index is 0.485. The van der Waals surface area contributed by atoms with Crippen LogP contribution in [0.4, 0.5) is 0 Å². The second kappa shape index (κ2) is 6.64. The maximum absolute atomic E-state index is 6.16. The van der Waals surface area contributed by atoms with Crippen molar-refractivity contribution in [3.8, 4) is 5.69 Å². The van der Waals surface area contributed by atoms with E-state index in [0.717, 1.165) is 11.5 Å². The molecule has 25 heavy (non-hydrogen) atoms. The Kier molecular flexibility index (Phi) is 4.34. The van der Waals surface area contributed by atoms with Gasteiger partial charge in [-0.2, -0.15) is 5.10 Å². The van der Waals surface area contributed by atoms with Crippen molar-refractivity contribution in [2.24, 2.45) is 0 Å². The van der Waals surface area contributed by atoms with Gasteiger partial charge in [0.1, 0.15) is 5.82 Å². The molecule has 0 unspecified atom stereocenters. The van der Waals surface area contributed by atoms with Crippen molar-refractivity contribution in [2.75, 3.05) is 0 Å². The third-order valence-electron chi connectivity index (χ3n) is 4.13. The molecular weight excluding hydrogens is 373 g/mol. The number of halogens is 2. The van der Waals surface area contributed by atoms with Crippen LogP contribution in [0.5, 0.6) is 0 Å². The van der Waals surface area contributed by atoms with Gasteiger partial charge in [-0.1, -0.05) is 65.7 Å². The molecule has 3 aromatic carbocycles. The summed E-state index contributed by atoms with van der Waals surface area (Å²) in [6.45, 7) is 0. The Morgan fingerprint density at radius 3 is 2.60 bits per heavy atom. The molecule has 0 atom stereocenters. The Bertz CT molecular complexity index is 1130. The fourth-order valence-corrected chi connectivity index (χ4v) is 3.50. The third kappa shape index (κ3) is 3.09. The first-order chi connectivity index (χ1) is 12.1. The first-order valence-electron chi connectivity index (χ1n) is 7.72. The Hall–Kier alpha value is -2.14. The van der Waals surface area contributed by atoms with Crippen molar-refractivity contribution in [1.82, 2.24) is 14.8 Å². The van der Waals surface area contributed by atoms with Gasteiger partial charge in [-0.3, -0.25) is 9.67 Å². The zero-order valence-electron chi connectivity index (χ0n) is 13.0. The Morgan fingerprint density at radius 1 is 0.960 bits per heavy atom. The smallest absolute Gasteiger partial charge is 0.199 e. The maximum Gasteiger partial charge on any atom is 0.199 e. The zero-order valence-corrected chi connectivity index (χ0v) is 15.4. The van der Waals surface area contributed by atoms with Crippen LogP contribution in [0.25, 0.3) is 16.5 Å². The fraction of sp³-hybridized carbons (Fsp3) is 0.0526. The number of aromatic amines is 1. The van der Waals surface area contributed by atoms with E-state index in [9.17, 15) is 0 Å². The second-order valence-corrected chi connectivity index (χ2v) is 6.89. The van der Waals surface area contributed by atoms with Gasteiger partial charge in [-0.25, -0.2) is 0 Å². The predicted octanol–water partition coefficient (Wildman–Crippen LogP) is 5.98. The SMILES string of the molecule is S=c1[nH]nc(Cc2cccc3ccccc23)n1-c1ccc(Cl)c(Cl)c1. The minimum Gasteiger partial charge on any atom is -0.272 e. The van der Waals surface area contributed by atoms with Crippen molar-refractivity contribution >= 4 is 46.2 Å². The largest absolute Gasteiger partial charge is 0.272 e. The van der Waals surface area contributed by atoms with Gasteiger partial charge in [-0.05, 0) is 46.8 Å². The number of rotatable bonds is 3. The van der Waals surface area contributed by atoms with Crippen LogP contribution in [0.15, 0.2) is 60.7 Å². The summed E-state index contributed by atoms with van der Waals surface area (Å²) in [5.74, 6) is 0.819. The van der Waals surface area contributed by atoms with E-state index >= 15 is 0 Å². The fourth-order valence-electron chi connectivity index (χ4n) is 2.96. The number of nitrogens with one attached hydrogen (secondary N) is 1. The molecule has 0 aliphatic carbocycles. The molecule has 1 aromatic heterocycles. The van der Waals surface area contributed by atoms with Crippen LogP contribution in [-0.2, 0) is 6.42 Å². The van der Waals surface area contributed by atoms with E-state index in [1.165, 1.54) is 16.3 Å². The highest BCUT2D eigenvalue weighted by molar-refractivity contribution is 7.71. The average Bonchev–Trinajstić information content (AvgIpc) is 2.98. The molecule has 0 bridgehead atoms. The molecule has 0 radical (unpaired) electrons. The van der Waals surface area contributed by atoms with Gasteiger partial charge in [0.05, 0.1) is 15.7 Å². The molecule has 0 saturated heterocycles. The van der Waals surface area contributed by atoms with E-state index < -0.39 is 0 Å². The van der Waals surface area contributed by atoms with Crippen molar-refractivity contribution in [1.29, 1.82) is 0 Å². The van der Waals surface area contributed by atoms with E-state index in [0.29, 0.717) is 21.2 Å². The lowest BCUT2D eigenvalue weighted by atomic mass is 10.0. The van der Waals surface area contributed by atoms with Crippen LogP contribution in [0.3, 0.4) is 0 Å². The Balaban J connectivity index is 1.82. The number of benzene rings is 3. The van der Waals surface area contributed by atoms with Crippen LogP contribution in [0.1, 0.15) is 11.4 Å². The second-order valence-electron chi connectivity index (χ2n) is 5.69. The summed E-state index contributed by atoms with van der Waals surface area (Å²) in [6.07, 6.45) is 0.648. The Labute approximate surface area is 159 Å². The summed E-state index contributed by atoms with van der Waals surface area (Å²) in [5.41, 5.74) is 2.02. The highest BCUT2D eigenvalue weighted by Gasteiger charge is 2.12. The summed E-state index contributed by atoms with van der Waals surface area (Å²) in [6, 6.07) is 20.0. The molecule has 1 heterocycles. The summed E-state index contributed by atoms with van der Waals surface area (Å²) < 4.78 is 2.41. The highest BCUT2D eigenvalue weighted by Crippen LogP contribution is 2.26. The van der Waals surface area contributed by atoms with Crippen molar-refractivity contribution in [2.45, 2.75) is 6.42 Å². The van der Waals surface area contributed by atoms with Crippen molar-refractivity contribution in [3.05, 3.63) is 86.9 Å². The molecule has 1 N–H and O–H groups in total. The number of fused-ring (bicyclic) bond motifs is 1. The third-order valence-corrected chi connectivity index (χ3v) is 5.14. The lowest BCUT2D eigenvalue weighted by molar-refractivity contribution is 0.906. The molecule has 0 saturated carbocycles. The normalized spacial score (nSPS) is 11.1. The van der Waals surface area contributed by atoms with E-state index in [4.69, 9.17) is 35.4 Å². The molecule has 0 amide bonds. The first-order valence-corrected chi connectivity index (χ1v) is 8.88. The molecule has 124 valence electrons. The standard InChI is InChI=1S/C19H13Cl2N3S/c20-16-9-8-14(11-17(16)21)24-18(22-23-19(24)25)10-13-6-3-5-12-4-1-2-7-15(12)13/h1-9,11H,10H2,(H,23,25). The molecule has 4 aromatic rings. The molecule has 4 rings (SSSR count). The van der Waals surface area contributed by atoms with Crippen LogP contribution >= 0.6 is 35.4 Å². The number of H-pyrrole nitrogens is 1. The van der Waals surface area contributed by atoms with E-state index in [-0.39, 0.29) is 0 Å². The topological polar surface area (TPSA) is 33.6 Å². The summed E-state index contributed by atoms with van der Waals surface area (Å²) >= 11 is 17.6. The molecule has 0 spiro atoms. The molecule has 6 heteroatoms. The Morgan fingerprint density at radius 2 is 1.76 bits per heavy atom. The van der Waals surface area contributed by atoms with Gasteiger partial charge in [0.15, 0.2) is 4.77 Å².